The maximum absolute atomic E-state index is 11.7. The van der Waals surface area contributed by atoms with Crippen molar-refractivity contribution < 1.29 is 14.3 Å². The summed E-state index contributed by atoms with van der Waals surface area (Å²) in [4.78, 5) is 11.7. The first-order chi connectivity index (χ1) is 9.29. The molecule has 19 heavy (non-hydrogen) atoms. The second-order valence-corrected chi connectivity index (χ2v) is 4.47. The Morgan fingerprint density at radius 2 is 2.32 bits per heavy atom. The van der Waals surface area contributed by atoms with Gasteiger partial charge in [0.05, 0.1) is 12.6 Å². The van der Waals surface area contributed by atoms with Crippen molar-refractivity contribution in [3.63, 3.8) is 0 Å². The lowest BCUT2D eigenvalue weighted by Crippen LogP contribution is -2.39. The van der Waals surface area contributed by atoms with Gasteiger partial charge in [0.25, 0.3) is 0 Å². The van der Waals surface area contributed by atoms with Crippen LogP contribution in [0.15, 0.2) is 30.3 Å². The van der Waals surface area contributed by atoms with Gasteiger partial charge in [0.1, 0.15) is 6.61 Å². The van der Waals surface area contributed by atoms with E-state index >= 15 is 0 Å². The number of benzene rings is 1. The van der Waals surface area contributed by atoms with Crippen molar-refractivity contribution in [3.8, 4) is 12.3 Å². The molecule has 1 N–H and O–H groups in total. The largest absolute Gasteiger partial charge is 0.445 e. The van der Waals surface area contributed by atoms with Crippen molar-refractivity contribution in [2.75, 3.05) is 13.2 Å². The van der Waals surface area contributed by atoms with E-state index in [9.17, 15) is 4.79 Å². The zero-order valence-electron chi connectivity index (χ0n) is 10.7. The van der Waals surface area contributed by atoms with E-state index in [1.54, 1.807) is 0 Å². The molecule has 1 aromatic carbocycles. The average molecular weight is 259 g/mol. The molecular weight excluding hydrogens is 242 g/mol. The minimum atomic E-state index is -0.487. The number of amides is 1. The third kappa shape index (κ3) is 4.01. The second kappa shape index (κ2) is 6.81. The van der Waals surface area contributed by atoms with Crippen molar-refractivity contribution in [3.05, 3.63) is 35.9 Å². The fourth-order valence-corrected chi connectivity index (χ4v) is 2.00. The van der Waals surface area contributed by atoms with Gasteiger partial charge in [0.15, 0.2) is 0 Å². The highest BCUT2D eigenvalue weighted by Gasteiger charge is 2.25. The Kier molecular flexibility index (Phi) is 4.82. The van der Waals surface area contributed by atoms with Gasteiger partial charge in [-0.2, -0.15) is 0 Å². The number of hydrogen-bond donors (Lipinski definition) is 1. The van der Waals surface area contributed by atoms with Crippen molar-refractivity contribution >= 4 is 6.09 Å². The molecule has 100 valence electrons. The van der Waals surface area contributed by atoms with Gasteiger partial charge in [0, 0.05) is 12.5 Å². The number of alkyl carbamates (subject to hydrolysis) is 1. The lowest BCUT2D eigenvalue weighted by molar-refractivity contribution is 0.133. The summed E-state index contributed by atoms with van der Waals surface area (Å²) < 4.78 is 10.4. The summed E-state index contributed by atoms with van der Waals surface area (Å²) in [6.45, 7) is 1.53. The Morgan fingerprint density at radius 1 is 1.53 bits per heavy atom. The number of hydrogen-bond acceptors (Lipinski definition) is 3. The Hall–Kier alpha value is -1.99. The molecule has 2 rings (SSSR count). The molecule has 4 nitrogen and oxygen atoms in total. The minimum absolute atomic E-state index is 0.175. The van der Waals surface area contributed by atoms with Crippen LogP contribution in [0, 0.1) is 18.3 Å². The van der Waals surface area contributed by atoms with Gasteiger partial charge in [-0.05, 0) is 12.0 Å². The van der Waals surface area contributed by atoms with Crippen LogP contribution >= 0.6 is 0 Å². The Labute approximate surface area is 113 Å². The fraction of sp³-hybridized carbons (Fsp3) is 0.400. The number of terminal acetylenes is 1. The SMILES string of the molecule is C#CC(NC(=O)OCc1ccccc1)C1CCOC1. The summed E-state index contributed by atoms with van der Waals surface area (Å²) in [6.07, 6.45) is 5.81. The molecule has 1 aliphatic heterocycles. The van der Waals surface area contributed by atoms with Crippen LogP contribution in [-0.2, 0) is 16.1 Å². The molecule has 0 saturated carbocycles. The highest BCUT2D eigenvalue weighted by Crippen LogP contribution is 2.16. The van der Waals surface area contributed by atoms with Crippen molar-refractivity contribution in [2.45, 2.75) is 19.1 Å². The van der Waals surface area contributed by atoms with E-state index in [0.717, 1.165) is 12.0 Å². The van der Waals surface area contributed by atoms with Gasteiger partial charge in [-0.15, -0.1) is 6.42 Å². The molecule has 2 unspecified atom stereocenters. The molecule has 4 heteroatoms. The standard InChI is InChI=1S/C15H17NO3/c1-2-14(13-8-9-18-11-13)16-15(17)19-10-12-6-4-3-5-7-12/h1,3-7,13-14H,8-11H2,(H,16,17). The van der Waals surface area contributed by atoms with E-state index in [2.05, 4.69) is 11.2 Å². The normalized spacial score (nSPS) is 19.4. The minimum Gasteiger partial charge on any atom is -0.445 e. The first-order valence-electron chi connectivity index (χ1n) is 6.30. The third-order valence-electron chi connectivity index (χ3n) is 3.10. The van der Waals surface area contributed by atoms with Crippen molar-refractivity contribution in [1.29, 1.82) is 0 Å². The van der Waals surface area contributed by atoms with Gasteiger partial charge < -0.3 is 14.8 Å². The Morgan fingerprint density at radius 3 is 2.95 bits per heavy atom. The molecule has 1 aromatic rings. The number of nitrogens with one attached hydrogen (secondary N) is 1. The van der Waals surface area contributed by atoms with Crippen LogP contribution in [0.25, 0.3) is 0 Å². The Bertz CT molecular complexity index is 446. The highest BCUT2D eigenvalue weighted by molar-refractivity contribution is 5.68. The van der Waals surface area contributed by atoms with Gasteiger partial charge in [-0.1, -0.05) is 36.3 Å². The molecule has 1 fully saturated rings. The summed E-state index contributed by atoms with van der Waals surface area (Å²) in [5, 5.41) is 2.70. The number of ether oxygens (including phenoxy) is 2. The van der Waals surface area contributed by atoms with E-state index in [1.165, 1.54) is 0 Å². The Balaban J connectivity index is 1.78. The molecule has 1 amide bonds. The number of carbonyl (C=O) groups excluding carboxylic acids is 1. The number of carbonyl (C=O) groups is 1. The van der Waals surface area contributed by atoms with Gasteiger partial charge in [0.2, 0.25) is 0 Å². The van der Waals surface area contributed by atoms with E-state index in [1.807, 2.05) is 30.3 Å². The van der Waals surface area contributed by atoms with E-state index in [-0.39, 0.29) is 18.6 Å². The zero-order valence-corrected chi connectivity index (χ0v) is 10.7. The zero-order chi connectivity index (χ0) is 13.5. The first kappa shape index (κ1) is 13.4. The average Bonchev–Trinajstić information content (AvgIpc) is 2.97. The van der Waals surface area contributed by atoms with Gasteiger partial charge >= 0.3 is 6.09 Å². The predicted molar refractivity (Wildman–Crippen MR) is 71.3 cm³/mol. The monoisotopic (exact) mass is 259 g/mol. The molecule has 0 aliphatic carbocycles. The maximum Gasteiger partial charge on any atom is 0.408 e. The fourth-order valence-electron chi connectivity index (χ4n) is 2.00. The van der Waals surface area contributed by atoms with Crippen LogP contribution in [0.2, 0.25) is 0 Å². The maximum atomic E-state index is 11.7. The lowest BCUT2D eigenvalue weighted by Gasteiger charge is -2.18. The molecule has 0 spiro atoms. The first-order valence-corrected chi connectivity index (χ1v) is 6.30. The summed E-state index contributed by atoms with van der Waals surface area (Å²) in [6, 6.07) is 9.18. The van der Waals surface area contributed by atoms with E-state index < -0.39 is 6.09 Å². The van der Waals surface area contributed by atoms with Crippen LogP contribution < -0.4 is 5.32 Å². The van der Waals surface area contributed by atoms with Gasteiger partial charge in [-0.25, -0.2) is 4.79 Å². The summed E-state index contributed by atoms with van der Waals surface area (Å²) in [5.74, 6) is 2.76. The van der Waals surface area contributed by atoms with Crippen LogP contribution in [0.3, 0.4) is 0 Å². The molecule has 0 bridgehead atoms. The van der Waals surface area contributed by atoms with Crippen LogP contribution in [-0.4, -0.2) is 25.3 Å². The lowest BCUT2D eigenvalue weighted by atomic mass is 10.0. The summed E-state index contributed by atoms with van der Waals surface area (Å²) in [7, 11) is 0. The smallest absolute Gasteiger partial charge is 0.408 e. The van der Waals surface area contributed by atoms with Crippen LogP contribution in [0.4, 0.5) is 4.79 Å². The highest BCUT2D eigenvalue weighted by atomic mass is 16.5. The van der Waals surface area contributed by atoms with Crippen molar-refractivity contribution in [1.82, 2.24) is 5.32 Å². The molecule has 2 atom stereocenters. The summed E-state index contributed by atoms with van der Waals surface area (Å²) >= 11 is 0. The molecular formula is C15H17NO3. The molecule has 1 heterocycles. The third-order valence-corrected chi connectivity index (χ3v) is 3.10. The summed E-state index contributed by atoms with van der Waals surface area (Å²) in [5.41, 5.74) is 0.944. The topological polar surface area (TPSA) is 47.6 Å². The van der Waals surface area contributed by atoms with E-state index in [4.69, 9.17) is 15.9 Å². The molecule has 0 aromatic heterocycles. The molecule has 1 aliphatic rings. The number of rotatable bonds is 4. The van der Waals surface area contributed by atoms with Gasteiger partial charge in [-0.3, -0.25) is 0 Å². The second-order valence-electron chi connectivity index (χ2n) is 4.47. The predicted octanol–water partition coefficient (Wildman–Crippen LogP) is 1.95. The van der Waals surface area contributed by atoms with E-state index in [0.29, 0.717) is 13.2 Å². The van der Waals surface area contributed by atoms with Crippen molar-refractivity contribution in [2.24, 2.45) is 5.92 Å². The molecule has 1 saturated heterocycles. The quantitative estimate of drug-likeness (QED) is 0.841. The van der Waals surface area contributed by atoms with Crippen LogP contribution in [0.1, 0.15) is 12.0 Å². The van der Waals surface area contributed by atoms with Crippen LogP contribution in [0.5, 0.6) is 0 Å². The molecule has 0 radical (unpaired) electrons.